The van der Waals surface area contributed by atoms with Crippen LogP contribution in [0.1, 0.15) is 44.9 Å². The predicted molar refractivity (Wildman–Crippen MR) is 55.8 cm³/mol. The summed E-state index contributed by atoms with van der Waals surface area (Å²) in [5, 5.41) is 12.1. The highest BCUT2D eigenvalue weighted by Gasteiger charge is 2.10. The third-order valence-corrected chi connectivity index (χ3v) is 2.92. The summed E-state index contributed by atoms with van der Waals surface area (Å²) in [6.45, 7) is 2.80. The molecule has 13 heavy (non-hydrogen) atoms. The number of aliphatic hydroxyl groups is 1. The van der Waals surface area contributed by atoms with E-state index in [1.165, 1.54) is 51.6 Å². The van der Waals surface area contributed by atoms with Crippen LogP contribution in [0.3, 0.4) is 0 Å². The van der Waals surface area contributed by atoms with Crippen molar-refractivity contribution in [2.24, 2.45) is 5.92 Å². The molecule has 0 aromatic carbocycles. The van der Waals surface area contributed by atoms with Crippen LogP contribution in [0.4, 0.5) is 0 Å². The number of hydrogen-bond donors (Lipinski definition) is 2. The first-order valence-electron chi connectivity index (χ1n) is 5.75. The summed E-state index contributed by atoms with van der Waals surface area (Å²) in [7, 11) is 0. The Morgan fingerprint density at radius 1 is 1.15 bits per heavy atom. The van der Waals surface area contributed by atoms with Crippen molar-refractivity contribution < 1.29 is 5.11 Å². The molecule has 1 fully saturated rings. The first-order valence-corrected chi connectivity index (χ1v) is 5.75. The molecule has 78 valence electrons. The van der Waals surface area contributed by atoms with Crippen LogP contribution in [0.2, 0.25) is 0 Å². The minimum atomic E-state index is 0.364. The molecule has 0 aromatic rings. The van der Waals surface area contributed by atoms with Gasteiger partial charge >= 0.3 is 0 Å². The molecular weight excluding hydrogens is 162 g/mol. The predicted octanol–water partition coefficient (Wildman–Crippen LogP) is 1.93. The molecule has 0 aliphatic carbocycles. The van der Waals surface area contributed by atoms with Crippen molar-refractivity contribution in [2.75, 3.05) is 19.7 Å². The van der Waals surface area contributed by atoms with Gasteiger partial charge in [-0.1, -0.05) is 19.3 Å². The molecule has 0 aromatic heterocycles. The average molecular weight is 185 g/mol. The molecule has 0 radical (unpaired) electrons. The molecule has 0 bridgehead atoms. The summed E-state index contributed by atoms with van der Waals surface area (Å²) >= 11 is 0. The topological polar surface area (TPSA) is 32.3 Å². The quantitative estimate of drug-likeness (QED) is 0.641. The fraction of sp³-hybridized carbons (Fsp3) is 1.00. The number of nitrogens with one attached hydrogen (secondary N) is 1. The van der Waals surface area contributed by atoms with E-state index < -0.39 is 0 Å². The van der Waals surface area contributed by atoms with E-state index in [0.717, 1.165) is 12.3 Å². The molecule has 1 atom stereocenters. The fourth-order valence-electron chi connectivity index (χ4n) is 2.06. The Bertz CT molecular complexity index is 109. The van der Waals surface area contributed by atoms with Crippen LogP contribution in [0.15, 0.2) is 0 Å². The van der Waals surface area contributed by atoms with Gasteiger partial charge in [0, 0.05) is 6.61 Å². The van der Waals surface area contributed by atoms with Crippen LogP contribution in [-0.4, -0.2) is 24.8 Å². The van der Waals surface area contributed by atoms with E-state index in [-0.39, 0.29) is 0 Å². The van der Waals surface area contributed by atoms with Gasteiger partial charge < -0.3 is 10.4 Å². The summed E-state index contributed by atoms with van der Waals surface area (Å²) in [4.78, 5) is 0. The zero-order valence-corrected chi connectivity index (χ0v) is 8.60. The molecule has 2 N–H and O–H groups in total. The SMILES string of the molecule is OCCCCCC1CCCCNC1. The second kappa shape index (κ2) is 7.34. The van der Waals surface area contributed by atoms with E-state index in [9.17, 15) is 0 Å². The standard InChI is InChI=1S/C11H23NO/c13-9-5-1-2-6-11-7-3-4-8-12-10-11/h11-13H,1-10H2. The molecule has 0 spiro atoms. The van der Waals surface area contributed by atoms with Crippen LogP contribution in [-0.2, 0) is 0 Å². The monoisotopic (exact) mass is 185 g/mol. The molecule has 2 nitrogen and oxygen atoms in total. The van der Waals surface area contributed by atoms with Gasteiger partial charge in [-0.3, -0.25) is 0 Å². The van der Waals surface area contributed by atoms with E-state index in [2.05, 4.69) is 5.32 Å². The maximum Gasteiger partial charge on any atom is 0.0431 e. The van der Waals surface area contributed by atoms with E-state index in [4.69, 9.17) is 5.11 Å². The maximum atomic E-state index is 8.64. The van der Waals surface area contributed by atoms with Crippen molar-refractivity contribution in [3.8, 4) is 0 Å². The van der Waals surface area contributed by atoms with Crippen LogP contribution in [0.25, 0.3) is 0 Å². The molecule has 2 heteroatoms. The van der Waals surface area contributed by atoms with Crippen molar-refractivity contribution >= 4 is 0 Å². The summed E-state index contributed by atoms with van der Waals surface area (Å²) < 4.78 is 0. The normalized spacial score (nSPS) is 24.2. The Balaban J connectivity index is 1.98. The summed E-state index contributed by atoms with van der Waals surface area (Å²) in [6.07, 6.45) is 9.00. The fourth-order valence-corrected chi connectivity index (χ4v) is 2.06. The second-order valence-electron chi connectivity index (χ2n) is 4.14. The smallest absolute Gasteiger partial charge is 0.0431 e. The zero-order chi connectivity index (χ0) is 9.36. The zero-order valence-electron chi connectivity index (χ0n) is 8.60. The number of aliphatic hydroxyl groups excluding tert-OH is 1. The second-order valence-corrected chi connectivity index (χ2v) is 4.14. The molecule has 1 rings (SSSR count). The average Bonchev–Trinajstić information content (AvgIpc) is 2.41. The van der Waals surface area contributed by atoms with Gasteiger partial charge in [0.15, 0.2) is 0 Å². The Morgan fingerprint density at radius 2 is 2.08 bits per heavy atom. The van der Waals surface area contributed by atoms with E-state index in [1.807, 2.05) is 0 Å². The van der Waals surface area contributed by atoms with Gasteiger partial charge in [0.25, 0.3) is 0 Å². The molecule has 0 amide bonds. The van der Waals surface area contributed by atoms with Crippen LogP contribution in [0, 0.1) is 5.92 Å². The lowest BCUT2D eigenvalue weighted by molar-refractivity contribution is 0.279. The van der Waals surface area contributed by atoms with E-state index in [1.54, 1.807) is 0 Å². The summed E-state index contributed by atoms with van der Waals surface area (Å²) in [6, 6.07) is 0. The van der Waals surface area contributed by atoms with Crippen molar-refractivity contribution in [3.63, 3.8) is 0 Å². The number of hydrogen-bond acceptors (Lipinski definition) is 2. The molecule has 1 aliphatic heterocycles. The highest BCUT2D eigenvalue weighted by molar-refractivity contribution is 4.67. The van der Waals surface area contributed by atoms with E-state index >= 15 is 0 Å². The van der Waals surface area contributed by atoms with Gasteiger partial charge in [-0.25, -0.2) is 0 Å². The lowest BCUT2D eigenvalue weighted by Crippen LogP contribution is -2.20. The largest absolute Gasteiger partial charge is 0.396 e. The third kappa shape index (κ3) is 5.27. The maximum absolute atomic E-state index is 8.64. The minimum Gasteiger partial charge on any atom is -0.396 e. The Kier molecular flexibility index (Phi) is 6.21. The molecule has 1 aliphatic rings. The first kappa shape index (κ1) is 11.0. The molecule has 0 saturated carbocycles. The van der Waals surface area contributed by atoms with Gasteiger partial charge in [0.2, 0.25) is 0 Å². The Morgan fingerprint density at radius 3 is 2.92 bits per heavy atom. The van der Waals surface area contributed by atoms with Gasteiger partial charge in [0.05, 0.1) is 0 Å². The summed E-state index contributed by atoms with van der Waals surface area (Å²) in [5.74, 6) is 0.904. The van der Waals surface area contributed by atoms with Crippen molar-refractivity contribution in [3.05, 3.63) is 0 Å². The van der Waals surface area contributed by atoms with Crippen molar-refractivity contribution in [2.45, 2.75) is 44.9 Å². The molecule has 1 unspecified atom stereocenters. The third-order valence-electron chi connectivity index (χ3n) is 2.92. The Hall–Kier alpha value is -0.0800. The molecule has 1 heterocycles. The van der Waals surface area contributed by atoms with Gasteiger partial charge in [-0.2, -0.15) is 0 Å². The van der Waals surface area contributed by atoms with Gasteiger partial charge in [-0.05, 0) is 44.7 Å². The minimum absolute atomic E-state index is 0.364. The molecular formula is C11H23NO. The van der Waals surface area contributed by atoms with Crippen molar-refractivity contribution in [1.29, 1.82) is 0 Å². The van der Waals surface area contributed by atoms with E-state index in [0.29, 0.717) is 6.61 Å². The first-order chi connectivity index (χ1) is 6.43. The lowest BCUT2D eigenvalue weighted by Gasteiger charge is -2.13. The Labute approximate surface area is 81.7 Å². The van der Waals surface area contributed by atoms with Gasteiger partial charge in [-0.15, -0.1) is 0 Å². The van der Waals surface area contributed by atoms with Crippen molar-refractivity contribution in [1.82, 2.24) is 5.32 Å². The summed E-state index contributed by atoms with van der Waals surface area (Å²) in [5.41, 5.74) is 0. The van der Waals surface area contributed by atoms with Crippen LogP contribution in [0.5, 0.6) is 0 Å². The number of rotatable bonds is 5. The number of unbranched alkanes of at least 4 members (excludes halogenated alkanes) is 2. The van der Waals surface area contributed by atoms with Gasteiger partial charge in [0.1, 0.15) is 0 Å². The lowest BCUT2D eigenvalue weighted by atomic mass is 9.96. The highest BCUT2D eigenvalue weighted by atomic mass is 16.2. The van der Waals surface area contributed by atoms with Crippen LogP contribution < -0.4 is 5.32 Å². The molecule has 1 saturated heterocycles. The van der Waals surface area contributed by atoms with Crippen LogP contribution >= 0.6 is 0 Å². The highest BCUT2D eigenvalue weighted by Crippen LogP contribution is 2.17.